The number of nitrogens with one attached hydrogen (secondary N) is 1. The number of anilines is 2. The number of para-hydroxylation sites is 1. The van der Waals surface area contributed by atoms with E-state index in [2.05, 4.69) is 46.6 Å². The molecule has 2 aromatic rings. The predicted octanol–water partition coefficient (Wildman–Crippen LogP) is 3.68. The second-order valence-electron chi connectivity index (χ2n) is 4.28. The minimum absolute atomic E-state index is 0.761. The Morgan fingerprint density at radius 2 is 2.17 bits per heavy atom. The molecule has 0 aliphatic carbocycles. The maximum atomic E-state index is 4.50. The van der Waals surface area contributed by atoms with Crippen LogP contribution in [0.2, 0.25) is 0 Å². The predicted molar refractivity (Wildman–Crippen MR) is 76.3 cm³/mol. The van der Waals surface area contributed by atoms with Crippen molar-refractivity contribution in [2.45, 2.75) is 26.8 Å². The van der Waals surface area contributed by atoms with E-state index < -0.39 is 0 Å². The summed E-state index contributed by atoms with van der Waals surface area (Å²) in [6, 6.07) is 8.32. The summed E-state index contributed by atoms with van der Waals surface area (Å²) in [5.41, 5.74) is 3.42. The molecule has 0 bridgehead atoms. The molecule has 1 aromatic carbocycles. The third-order valence-electron chi connectivity index (χ3n) is 2.87. The highest BCUT2D eigenvalue weighted by Crippen LogP contribution is 2.21. The van der Waals surface area contributed by atoms with Crippen molar-refractivity contribution in [3.8, 4) is 0 Å². The van der Waals surface area contributed by atoms with E-state index in [0.717, 1.165) is 30.3 Å². The van der Waals surface area contributed by atoms with Crippen molar-refractivity contribution >= 4 is 11.6 Å². The molecule has 94 valence electrons. The molecule has 0 atom stereocenters. The van der Waals surface area contributed by atoms with E-state index in [-0.39, 0.29) is 0 Å². The van der Waals surface area contributed by atoms with Gasteiger partial charge in [0.05, 0.1) is 5.69 Å². The Bertz CT molecular complexity index is 540. The molecule has 1 heterocycles. The smallest absolute Gasteiger partial charge is 0.207 e. The first-order valence-electron chi connectivity index (χ1n) is 6.24. The molecule has 0 unspecified atom stereocenters. The lowest BCUT2D eigenvalue weighted by molar-refractivity contribution is 0.831. The van der Waals surface area contributed by atoms with Crippen LogP contribution in [0.3, 0.4) is 0 Å². The molecule has 0 aliphatic rings. The molecular formula is C15H19N3. The molecule has 0 fully saturated rings. The Labute approximate surface area is 108 Å². The average molecular weight is 241 g/mol. The van der Waals surface area contributed by atoms with E-state index in [0.29, 0.717) is 0 Å². The molecule has 0 spiro atoms. The van der Waals surface area contributed by atoms with Gasteiger partial charge in [0.25, 0.3) is 0 Å². The van der Waals surface area contributed by atoms with Gasteiger partial charge in [0.2, 0.25) is 5.95 Å². The number of rotatable bonds is 5. The molecule has 1 aromatic heterocycles. The quantitative estimate of drug-likeness (QED) is 0.809. The number of aromatic nitrogens is 2. The van der Waals surface area contributed by atoms with Crippen molar-refractivity contribution in [2.75, 3.05) is 5.32 Å². The summed E-state index contributed by atoms with van der Waals surface area (Å²) < 4.78 is 2.06. The highest BCUT2D eigenvalue weighted by molar-refractivity contribution is 5.59. The van der Waals surface area contributed by atoms with E-state index in [1.807, 2.05) is 25.3 Å². The fraction of sp³-hybridized carbons (Fsp3) is 0.267. The Kier molecular flexibility index (Phi) is 3.82. The molecule has 3 heteroatoms. The zero-order valence-electron chi connectivity index (χ0n) is 11.0. The van der Waals surface area contributed by atoms with Crippen LogP contribution in [0.15, 0.2) is 43.1 Å². The second-order valence-corrected chi connectivity index (χ2v) is 4.28. The van der Waals surface area contributed by atoms with Crippen molar-refractivity contribution in [3.63, 3.8) is 0 Å². The first-order valence-corrected chi connectivity index (χ1v) is 6.24. The molecule has 0 saturated carbocycles. The largest absolute Gasteiger partial charge is 0.325 e. The van der Waals surface area contributed by atoms with Crippen molar-refractivity contribution in [3.05, 3.63) is 54.4 Å². The van der Waals surface area contributed by atoms with Crippen molar-refractivity contribution < 1.29 is 0 Å². The highest BCUT2D eigenvalue weighted by Gasteiger charge is 2.06. The van der Waals surface area contributed by atoms with Gasteiger partial charge < -0.3 is 9.88 Å². The highest BCUT2D eigenvalue weighted by atomic mass is 15.2. The molecule has 0 aliphatic heterocycles. The monoisotopic (exact) mass is 241 g/mol. The summed E-state index contributed by atoms with van der Waals surface area (Å²) in [5, 5.41) is 3.40. The Balaban J connectivity index is 2.30. The van der Waals surface area contributed by atoms with E-state index >= 15 is 0 Å². The maximum absolute atomic E-state index is 4.50. The number of nitrogens with zero attached hydrogens (tertiary/aromatic N) is 2. The third-order valence-corrected chi connectivity index (χ3v) is 2.87. The standard InChI is InChI=1S/C15H19N3/c1-4-10-18-11-12(3)16-15(18)17-14-9-7-6-8-13(14)5-2/h4,6-9,11H,1,5,10H2,2-3H3,(H,16,17). The second kappa shape index (κ2) is 5.54. The summed E-state index contributed by atoms with van der Waals surface area (Å²) in [4.78, 5) is 4.50. The number of hydrogen-bond acceptors (Lipinski definition) is 2. The molecule has 18 heavy (non-hydrogen) atoms. The van der Waals surface area contributed by atoms with Crippen LogP contribution in [0.4, 0.5) is 11.6 Å². The third kappa shape index (κ3) is 2.62. The number of allylic oxidation sites excluding steroid dienone is 1. The average Bonchev–Trinajstić information content (AvgIpc) is 2.71. The molecule has 0 saturated heterocycles. The lowest BCUT2D eigenvalue weighted by atomic mass is 10.1. The fourth-order valence-corrected chi connectivity index (χ4v) is 2.00. The van der Waals surface area contributed by atoms with Crippen LogP contribution in [0.5, 0.6) is 0 Å². The molecule has 0 radical (unpaired) electrons. The zero-order valence-corrected chi connectivity index (χ0v) is 11.0. The maximum Gasteiger partial charge on any atom is 0.207 e. The van der Waals surface area contributed by atoms with Gasteiger partial charge in [-0.25, -0.2) is 4.98 Å². The summed E-state index contributed by atoms with van der Waals surface area (Å²) in [6.45, 7) is 8.68. The Morgan fingerprint density at radius 3 is 2.89 bits per heavy atom. The van der Waals surface area contributed by atoms with E-state index in [9.17, 15) is 0 Å². The number of hydrogen-bond donors (Lipinski definition) is 1. The first kappa shape index (κ1) is 12.4. The van der Waals surface area contributed by atoms with Gasteiger partial charge >= 0.3 is 0 Å². The molecule has 1 N–H and O–H groups in total. The number of benzene rings is 1. The van der Waals surface area contributed by atoms with Crippen LogP contribution in [-0.2, 0) is 13.0 Å². The molecular weight excluding hydrogens is 222 g/mol. The van der Waals surface area contributed by atoms with Crippen molar-refractivity contribution in [1.82, 2.24) is 9.55 Å². The number of imidazole rings is 1. The van der Waals surface area contributed by atoms with Crippen LogP contribution in [-0.4, -0.2) is 9.55 Å². The SMILES string of the molecule is C=CCn1cc(C)nc1Nc1ccccc1CC. The van der Waals surface area contributed by atoms with Crippen LogP contribution in [0.1, 0.15) is 18.2 Å². The van der Waals surface area contributed by atoms with Gasteiger partial charge in [0, 0.05) is 18.4 Å². The van der Waals surface area contributed by atoms with Gasteiger partial charge in [-0.1, -0.05) is 31.2 Å². The Morgan fingerprint density at radius 1 is 1.39 bits per heavy atom. The molecule has 0 amide bonds. The summed E-state index contributed by atoms with van der Waals surface area (Å²) in [5.74, 6) is 0.869. The van der Waals surface area contributed by atoms with E-state index in [4.69, 9.17) is 0 Å². The Hall–Kier alpha value is -2.03. The lowest BCUT2D eigenvalue weighted by Gasteiger charge is -2.11. The van der Waals surface area contributed by atoms with Gasteiger partial charge in [0.15, 0.2) is 0 Å². The molecule has 3 nitrogen and oxygen atoms in total. The van der Waals surface area contributed by atoms with Crippen LogP contribution < -0.4 is 5.32 Å². The van der Waals surface area contributed by atoms with E-state index in [1.165, 1.54) is 5.56 Å². The minimum atomic E-state index is 0.761. The number of aryl methyl sites for hydroxylation is 2. The summed E-state index contributed by atoms with van der Waals surface area (Å²) in [7, 11) is 0. The van der Waals surface area contributed by atoms with Crippen LogP contribution in [0.25, 0.3) is 0 Å². The van der Waals surface area contributed by atoms with Gasteiger partial charge in [-0.3, -0.25) is 0 Å². The normalized spacial score (nSPS) is 10.3. The fourth-order valence-electron chi connectivity index (χ4n) is 2.00. The summed E-state index contributed by atoms with van der Waals surface area (Å²) in [6.07, 6.45) is 4.90. The van der Waals surface area contributed by atoms with Gasteiger partial charge in [-0.2, -0.15) is 0 Å². The zero-order chi connectivity index (χ0) is 13.0. The lowest BCUT2D eigenvalue weighted by Crippen LogP contribution is -2.03. The van der Waals surface area contributed by atoms with Crippen molar-refractivity contribution in [1.29, 1.82) is 0 Å². The topological polar surface area (TPSA) is 29.9 Å². The first-order chi connectivity index (χ1) is 8.74. The molecule has 2 rings (SSSR count). The summed E-state index contributed by atoms with van der Waals surface area (Å²) >= 11 is 0. The van der Waals surface area contributed by atoms with Gasteiger partial charge in [-0.05, 0) is 25.0 Å². The van der Waals surface area contributed by atoms with Gasteiger partial charge in [0.1, 0.15) is 0 Å². The van der Waals surface area contributed by atoms with Crippen molar-refractivity contribution in [2.24, 2.45) is 0 Å². The van der Waals surface area contributed by atoms with Gasteiger partial charge in [-0.15, -0.1) is 6.58 Å². The van der Waals surface area contributed by atoms with E-state index in [1.54, 1.807) is 0 Å². The van der Waals surface area contributed by atoms with Crippen LogP contribution in [0, 0.1) is 6.92 Å². The minimum Gasteiger partial charge on any atom is -0.325 e. The van der Waals surface area contributed by atoms with Crippen LogP contribution >= 0.6 is 0 Å².